The van der Waals surface area contributed by atoms with Gasteiger partial charge in [0.25, 0.3) is 0 Å². The number of likely N-dealkylation sites (N-methyl/N-ethyl adjacent to an activating group) is 1. The maximum atomic E-state index is 14.5. The molecule has 0 spiro atoms. The van der Waals surface area contributed by atoms with Crippen molar-refractivity contribution >= 4 is 25.4 Å². The van der Waals surface area contributed by atoms with Crippen LogP contribution in [0, 0.1) is 16.0 Å². The first-order valence-electron chi connectivity index (χ1n) is 14.9. The molecule has 248 valence electrons. The Hall–Kier alpha value is -3.84. The summed E-state index contributed by atoms with van der Waals surface area (Å²) in [6.07, 6.45) is 0.910. The Morgan fingerprint density at radius 1 is 1.00 bits per heavy atom. The van der Waals surface area contributed by atoms with Crippen LogP contribution < -0.4 is 22.1 Å². The number of guanidine groups is 1. The number of carbonyl (C=O) groups excluding carboxylic acids is 2. The van der Waals surface area contributed by atoms with E-state index in [0.717, 1.165) is 18.2 Å². The van der Waals surface area contributed by atoms with Crippen LogP contribution in [0.3, 0.4) is 0 Å². The van der Waals surface area contributed by atoms with Crippen LogP contribution >= 0.6 is 7.60 Å². The molecule has 15 heteroatoms. The molecule has 6 N–H and O–H groups in total. The summed E-state index contributed by atoms with van der Waals surface area (Å²) in [7, 11) is -2.89. The molecule has 3 atom stereocenters. The molecule has 14 nitrogen and oxygen atoms in total. The second-order valence-corrected chi connectivity index (χ2v) is 13.2. The zero-order valence-electron chi connectivity index (χ0n) is 26.3. The van der Waals surface area contributed by atoms with Gasteiger partial charge in [-0.2, -0.15) is 0 Å². The number of hydrogen-bond donors (Lipinski definition) is 4. The van der Waals surface area contributed by atoms with E-state index in [4.69, 9.17) is 20.5 Å². The van der Waals surface area contributed by atoms with Crippen LogP contribution in [0.5, 0.6) is 0 Å². The lowest BCUT2D eigenvalue weighted by Crippen LogP contribution is -2.55. The van der Waals surface area contributed by atoms with Gasteiger partial charge in [-0.15, -0.1) is 0 Å². The van der Waals surface area contributed by atoms with Crippen LogP contribution in [0.4, 0.5) is 0 Å². The molecule has 0 aromatic heterocycles. The minimum atomic E-state index is -3.90. The molecule has 2 aromatic carbocycles. The first kappa shape index (κ1) is 37.3. The fourth-order valence-corrected chi connectivity index (χ4v) is 6.32. The fraction of sp³-hybridized carbons (Fsp3) is 0.500. The van der Waals surface area contributed by atoms with E-state index in [9.17, 15) is 24.3 Å². The number of nitro groups is 1. The van der Waals surface area contributed by atoms with E-state index in [1.165, 1.54) is 0 Å². The van der Waals surface area contributed by atoms with Gasteiger partial charge in [-0.25, -0.2) is 10.1 Å². The van der Waals surface area contributed by atoms with Gasteiger partial charge >= 0.3 is 13.5 Å². The van der Waals surface area contributed by atoms with Gasteiger partial charge in [-0.1, -0.05) is 86.4 Å². The number of aliphatic imine (C=N–C) groups is 1. The minimum absolute atomic E-state index is 0.0121. The molecule has 2 aromatic rings. The summed E-state index contributed by atoms with van der Waals surface area (Å²) in [5.74, 6) is -2.51. The second-order valence-electron chi connectivity index (χ2n) is 10.9. The Bertz CT molecular complexity index is 1250. The van der Waals surface area contributed by atoms with E-state index >= 15 is 0 Å². The zero-order chi connectivity index (χ0) is 33.4. The first-order valence-corrected chi connectivity index (χ1v) is 16.5. The van der Waals surface area contributed by atoms with Crippen LogP contribution in [-0.2, 0) is 36.4 Å². The highest BCUT2D eigenvalue weighted by atomic mass is 31.2. The average Bonchev–Trinajstić information content (AvgIpc) is 3.02. The molecule has 0 radical (unpaired) electrons. The Morgan fingerprint density at radius 2 is 1.53 bits per heavy atom. The Balaban J connectivity index is 2.33. The zero-order valence-corrected chi connectivity index (χ0v) is 27.2. The molecule has 0 aliphatic carbocycles. The smallest absolute Gasteiger partial charge is 0.348 e. The molecule has 0 aliphatic heterocycles. The highest BCUT2D eigenvalue weighted by Crippen LogP contribution is 2.54. The lowest BCUT2D eigenvalue weighted by atomic mass is 10.0. The minimum Gasteiger partial charge on any atom is -0.370 e. The molecule has 0 saturated heterocycles. The van der Waals surface area contributed by atoms with Gasteiger partial charge in [0, 0.05) is 6.54 Å². The SMILES string of the molecule is CC[C@@H](N[C@@H](CC(C)C)C(=O)N[C@@H](CCCN=C(N)N)C(=O)N(C)[N+](=O)[O-])P(=O)(OCc1ccccc1)OCc1ccccc1. The van der Waals surface area contributed by atoms with Crippen LogP contribution in [0.2, 0.25) is 0 Å². The number of nitrogens with one attached hydrogen (secondary N) is 2. The predicted octanol–water partition coefficient (Wildman–Crippen LogP) is 3.54. The van der Waals surface area contributed by atoms with Crippen LogP contribution in [0.1, 0.15) is 57.6 Å². The molecular formula is C30H46N7O7P. The maximum absolute atomic E-state index is 14.5. The standard InChI is InChI=1S/C30H46N7O7P/c1-5-27(45(42,43-20-23-13-8-6-9-14-23)44-21-24-15-10-7-11-16-24)34-26(19-22(2)3)28(38)35-25(17-12-18-33-30(31)32)29(39)36(4)37(40)41/h6-11,13-16,22,25-27,34H,5,12,17-21H2,1-4H3,(H,35,38)(H4,31,32,33)/t25-,26-,27-/m0/s1. The average molecular weight is 648 g/mol. The van der Waals surface area contributed by atoms with Gasteiger partial charge in [0.2, 0.25) is 5.91 Å². The molecular weight excluding hydrogens is 601 g/mol. The molecule has 2 rings (SSSR count). The molecule has 0 aliphatic rings. The quantitative estimate of drug-likeness (QED) is 0.0411. The molecule has 0 heterocycles. The first-order chi connectivity index (χ1) is 21.4. The number of nitrogens with two attached hydrogens (primary N) is 2. The third-order valence-electron chi connectivity index (χ3n) is 6.82. The topological polar surface area (TPSA) is 205 Å². The predicted molar refractivity (Wildman–Crippen MR) is 172 cm³/mol. The summed E-state index contributed by atoms with van der Waals surface area (Å²) in [6.45, 7) is 5.83. The van der Waals surface area contributed by atoms with Crippen molar-refractivity contribution in [3.63, 3.8) is 0 Å². The number of benzene rings is 2. The van der Waals surface area contributed by atoms with Crippen molar-refractivity contribution in [2.24, 2.45) is 22.4 Å². The third-order valence-corrected chi connectivity index (χ3v) is 9.07. The lowest BCUT2D eigenvalue weighted by Gasteiger charge is -2.31. The van der Waals surface area contributed by atoms with Crippen molar-refractivity contribution in [1.29, 1.82) is 0 Å². The molecule has 0 unspecified atom stereocenters. The number of nitrogens with zero attached hydrogens (tertiary/aromatic N) is 3. The van der Waals surface area contributed by atoms with Crippen LogP contribution in [-0.4, -0.2) is 59.3 Å². The summed E-state index contributed by atoms with van der Waals surface area (Å²) >= 11 is 0. The summed E-state index contributed by atoms with van der Waals surface area (Å²) in [4.78, 5) is 41.9. The Morgan fingerprint density at radius 3 is 1.98 bits per heavy atom. The molecule has 0 fully saturated rings. The van der Waals surface area contributed by atoms with E-state index in [2.05, 4.69) is 15.6 Å². The van der Waals surface area contributed by atoms with Crippen molar-refractivity contribution in [3.05, 3.63) is 81.9 Å². The molecule has 2 amide bonds. The van der Waals surface area contributed by atoms with Crippen LogP contribution in [0.15, 0.2) is 65.7 Å². The van der Waals surface area contributed by atoms with Crippen molar-refractivity contribution in [2.45, 2.75) is 77.5 Å². The highest BCUT2D eigenvalue weighted by molar-refractivity contribution is 7.54. The van der Waals surface area contributed by atoms with Gasteiger partial charge < -0.3 is 25.8 Å². The van der Waals surface area contributed by atoms with Gasteiger partial charge in [-0.05, 0) is 42.7 Å². The fourth-order valence-electron chi connectivity index (χ4n) is 4.42. The van der Waals surface area contributed by atoms with Gasteiger partial charge in [0.05, 0.1) is 26.3 Å². The van der Waals surface area contributed by atoms with E-state index in [-0.39, 0.29) is 50.9 Å². The monoisotopic (exact) mass is 647 g/mol. The normalized spacial score (nSPS) is 13.4. The molecule has 45 heavy (non-hydrogen) atoms. The van der Waals surface area contributed by atoms with E-state index < -0.39 is 42.3 Å². The van der Waals surface area contributed by atoms with E-state index in [0.29, 0.717) is 11.4 Å². The third kappa shape index (κ3) is 13.0. The Kier molecular flexibility index (Phi) is 15.6. The van der Waals surface area contributed by atoms with E-state index in [1.807, 2.05) is 74.5 Å². The van der Waals surface area contributed by atoms with Gasteiger partial charge in [-0.3, -0.25) is 24.5 Å². The van der Waals surface area contributed by atoms with Crippen molar-refractivity contribution in [2.75, 3.05) is 13.6 Å². The van der Waals surface area contributed by atoms with Crippen molar-refractivity contribution in [3.8, 4) is 0 Å². The number of rotatable bonds is 20. The highest BCUT2D eigenvalue weighted by Gasteiger charge is 2.39. The summed E-state index contributed by atoms with van der Waals surface area (Å²) in [5, 5.41) is 16.6. The summed E-state index contributed by atoms with van der Waals surface area (Å²) < 4.78 is 26.5. The van der Waals surface area contributed by atoms with E-state index in [1.54, 1.807) is 6.92 Å². The second kappa shape index (κ2) is 18.8. The van der Waals surface area contributed by atoms with Crippen LogP contribution in [0.25, 0.3) is 0 Å². The number of amides is 2. The molecule has 0 saturated carbocycles. The van der Waals surface area contributed by atoms with Gasteiger partial charge in [0.15, 0.2) is 11.0 Å². The lowest BCUT2D eigenvalue weighted by molar-refractivity contribution is -0.628. The summed E-state index contributed by atoms with van der Waals surface area (Å²) in [5.41, 5.74) is 12.3. The Labute approximate surface area is 264 Å². The van der Waals surface area contributed by atoms with Crippen molar-refractivity contribution in [1.82, 2.24) is 15.6 Å². The number of hydrazine groups is 1. The van der Waals surface area contributed by atoms with Crippen molar-refractivity contribution < 1.29 is 28.2 Å². The number of carbonyl (C=O) groups is 2. The largest absolute Gasteiger partial charge is 0.370 e. The summed E-state index contributed by atoms with van der Waals surface area (Å²) in [6, 6.07) is 16.3. The number of hydrogen-bond acceptors (Lipinski definition) is 9. The maximum Gasteiger partial charge on any atom is 0.348 e. The molecule has 0 bridgehead atoms. The van der Waals surface area contributed by atoms with Gasteiger partial charge in [0.1, 0.15) is 11.8 Å².